The number of rotatable bonds is 4. The second kappa shape index (κ2) is 7.56. The van der Waals surface area contributed by atoms with Crippen molar-refractivity contribution in [1.82, 2.24) is 15.5 Å². The quantitative estimate of drug-likeness (QED) is 0.493. The van der Waals surface area contributed by atoms with Crippen LogP contribution in [0.4, 0.5) is 0 Å². The van der Waals surface area contributed by atoms with Crippen LogP contribution in [0.2, 0.25) is 0 Å². The number of hydrogen-bond acceptors (Lipinski definition) is 8. The van der Waals surface area contributed by atoms with Gasteiger partial charge in [-0.3, -0.25) is 29.4 Å². The summed E-state index contributed by atoms with van der Waals surface area (Å²) in [5.41, 5.74) is 7.10. The summed E-state index contributed by atoms with van der Waals surface area (Å²) in [6.07, 6.45) is 0.542. The lowest BCUT2D eigenvalue weighted by Gasteiger charge is -2.29. The Hall–Kier alpha value is -2.63. The van der Waals surface area contributed by atoms with E-state index in [2.05, 4.69) is 10.6 Å². The van der Waals surface area contributed by atoms with Crippen LogP contribution in [-0.4, -0.2) is 66.6 Å². The fraction of sp³-hybridized carbons (Fsp3) is 0.474. The lowest BCUT2D eigenvalue weighted by Crippen LogP contribution is -2.54. The van der Waals surface area contributed by atoms with Gasteiger partial charge in [0.25, 0.3) is 11.8 Å². The lowest BCUT2D eigenvalue weighted by molar-refractivity contribution is -0.136. The maximum atomic E-state index is 12.8. The molecule has 4 rings (SSSR count). The average Bonchev–Trinajstić information content (AvgIpc) is 2.93. The van der Waals surface area contributed by atoms with Crippen LogP contribution >= 0.6 is 0 Å². The first-order valence-electron chi connectivity index (χ1n) is 9.70. The van der Waals surface area contributed by atoms with E-state index in [-0.39, 0.29) is 48.1 Å². The van der Waals surface area contributed by atoms with E-state index < -0.39 is 45.5 Å². The molecular weight excluding hydrogens is 412 g/mol. The van der Waals surface area contributed by atoms with Crippen LogP contribution < -0.4 is 16.4 Å². The molecule has 10 nitrogen and oxygen atoms in total. The van der Waals surface area contributed by atoms with Crippen molar-refractivity contribution in [1.29, 1.82) is 0 Å². The summed E-state index contributed by atoms with van der Waals surface area (Å²) in [7, 11) is -3.13. The Labute approximate surface area is 173 Å². The van der Waals surface area contributed by atoms with Gasteiger partial charge < -0.3 is 11.1 Å². The van der Waals surface area contributed by atoms with E-state index in [9.17, 15) is 27.6 Å². The van der Waals surface area contributed by atoms with Gasteiger partial charge in [-0.1, -0.05) is 6.07 Å². The number of sulfone groups is 1. The molecule has 4 amide bonds. The van der Waals surface area contributed by atoms with Gasteiger partial charge in [-0.2, -0.15) is 0 Å². The largest absolute Gasteiger partial charge is 0.326 e. The van der Waals surface area contributed by atoms with E-state index in [4.69, 9.17) is 5.73 Å². The van der Waals surface area contributed by atoms with Crippen LogP contribution in [0, 0.1) is 0 Å². The second-order valence-corrected chi connectivity index (χ2v) is 10.1. The molecule has 2 saturated heterocycles. The summed E-state index contributed by atoms with van der Waals surface area (Å²) >= 11 is 0. The van der Waals surface area contributed by atoms with Crippen LogP contribution in [0.15, 0.2) is 18.2 Å². The van der Waals surface area contributed by atoms with Crippen molar-refractivity contribution < 1.29 is 27.6 Å². The topological polar surface area (TPSA) is 156 Å². The van der Waals surface area contributed by atoms with Gasteiger partial charge in [0.2, 0.25) is 11.8 Å². The minimum absolute atomic E-state index is 0.0419. The third-order valence-electron chi connectivity index (χ3n) is 5.79. The molecule has 0 saturated carbocycles. The zero-order valence-corrected chi connectivity index (χ0v) is 16.9. The molecule has 30 heavy (non-hydrogen) atoms. The molecule has 2 fully saturated rings. The first-order valence-corrected chi connectivity index (χ1v) is 11.5. The molecule has 3 aliphatic heterocycles. The molecule has 3 aliphatic rings. The first kappa shape index (κ1) is 20.6. The summed E-state index contributed by atoms with van der Waals surface area (Å²) in [4.78, 5) is 49.9. The number of imide groups is 2. The molecule has 0 aliphatic carbocycles. The van der Waals surface area contributed by atoms with Crippen LogP contribution in [-0.2, 0) is 26.0 Å². The molecule has 0 bridgehead atoms. The van der Waals surface area contributed by atoms with Crippen molar-refractivity contribution in [2.75, 3.05) is 11.5 Å². The van der Waals surface area contributed by atoms with Crippen LogP contribution in [0.5, 0.6) is 0 Å². The zero-order chi connectivity index (χ0) is 21.6. The maximum absolute atomic E-state index is 12.8. The zero-order valence-electron chi connectivity index (χ0n) is 16.1. The number of hydrogen-bond donors (Lipinski definition) is 3. The van der Waals surface area contributed by atoms with E-state index in [0.717, 1.165) is 4.90 Å². The standard InChI is InChI=1S/C19H22N4O6S/c20-13-5-6-30(28,29)9-14(13)21-8-10-1-2-11-12(7-10)19(27)23(18(11)26)15-3-4-16(24)22-17(15)25/h1-2,7,13-15,21H,3-6,8-9,20H2,(H,22,24,25)/t13-,14+,15?/m1/s1. The highest BCUT2D eigenvalue weighted by atomic mass is 32.2. The molecule has 0 spiro atoms. The Bertz CT molecular complexity index is 1050. The molecule has 3 heterocycles. The Balaban J connectivity index is 1.49. The molecule has 4 N–H and O–H groups in total. The number of piperidine rings is 1. The number of nitrogens with one attached hydrogen (secondary N) is 2. The van der Waals surface area contributed by atoms with Crippen molar-refractivity contribution in [2.24, 2.45) is 5.73 Å². The van der Waals surface area contributed by atoms with Crippen molar-refractivity contribution in [3.63, 3.8) is 0 Å². The fourth-order valence-electron chi connectivity index (χ4n) is 4.08. The highest BCUT2D eigenvalue weighted by molar-refractivity contribution is 7.91. The number of fused-ring (bicyclic) bond motifs is 1. The number of nitrogens with zero attached hydrogens (tertiary/aromatic N) is 1. The van der Waals surface area contributed by atoms with E-state index in [0.29, 0.717) is 12.0 Å². The number of carbonyl (C=O) groups is 4. The van der Waals surface area contributed by atoms with Crippen LogP contribution in [0.3, 0.4) is 0 Å². The highest BCUT2D eigenvalue weighted by Crippen LogP contribution is 2.28. The molecule has 0 aromatic heterocycles. The molecule has 160 valence electrons. The smallest absolute Gasteiger partial charge is 0.262 e. The predicted molar refractivity (Wildman–Crippen MR) is 105 cm³/mol. The van der Waals surface area contributed by atoms with Gasteiger partial charge in [-0.15, -0.1) is 0 Å². The minimum atomic E-state index is -3.13. The van der Waals surface area contributed by atoms with Gasteiger partial charge in [-0.25, -0.2) is 8.42 Å². The first-order chi connectivity index (χ1) is 14.2. The second-order valence-electron chi connectivity index (χ2n) is 7.88. The van der Waals surface area contributed by atoms with Crippen molar-refractivity contribution in [3.8, 4) is 0 Å². The molecule has 1 aromatic rings. The number of nitrogens with two attached hydrogens (primary N) is 1. The van der Waals surface area contributed by atoms with Crippen molar-refractivity contribution in [2.45, 2.75) is 43.9 Å². The number of amides is 4. The Morgan fingerprint density at radius 1 is 1.10 bits per heavy atom. The van der Waals surface area contributed by atoms with Gasteiger partial charge in [0.15, 0.2) is 9.84 Å². The average molecular weight is 434 g/mol. The maximum Gasteiger partial charge on any atom is 0.262 e. The summed E-state index contributed by atoms with van der Waals surface area (Å²) in [6.45, 7) is 0.279. The Morgan fingerprint density at radius 3 is 2.57 bits per heavy atom. The van der Waals surface area contributed by atoms with Gasteiger partial charge >= 0.3 is 0 Å². The van der Waals surface area contributed by atoms with Gasteiger partial charge in [0.05, 0.1) is 22.6 Å². The lowest BCUT2D eigenvalue weighted by atomic mass is 10.0. The third-order valence-corrected chi connectivity index (χ3v) is 7.51. The summed E-state index contributed by atoms with van der Waals surface area (Å²) in [5, 5.41) is 5.29. The monoisotopic (exact) mass is 434 g/mol. The normalized spacial score (nSPS) is 28.4. The number of benzene rings is 1. The van der Waals surface area contributed by atoms with Crippen molar-refractivity contribution in [3.05, 3.63) is 34.9 Å². The molecule has 1 unspecified atom stereocenters. The molecule has 11 heteroatoms. The van der Waals surface area contributed by atoms with Gasteiger partial charge in [-0.05, 0) is 30.5 Å². The Morgan fingerprint density at radius 2 is 1.83 bits per heavy atom. The highest BCUT2D eigenvalue weighted by Gasteiger charge is 2.44. The summed E-state index contributed by atoms with van der Waals surface area (Å²) in [5.74, 6) is -2.19. The van der Waals surface area contributed by atoms with E-state index in [1.807, 2.05) is 0 Å². The molecule has 3 atom stereocenters. The molecular formula is C19H22N4O6S. The van der Waals surface area contributed by atoms with Crippen LogP contribution in [0.25, 0.3) is 0 Å². The summed E-state index contributed by atoms with van der Waals surface area (Å²) < 4.78 is 23.7. The van der Waals surface area contributed by atoms with Gasteiger partial charge in [0, 0.05) is 25.0 Å². The third kappa shape index (κ3) is 3.75. The fourth-order valence-corrected chi connectivity index (χ4v) is 5.79. The van der Waals surface area contributed by atoms with Crippen LogP contribution in [0.1, 0.15) is 45.5 Å². The SMILES string of the molecule is N[C@@H]1CCS(=O)(=O)C[C@@H]1NCc1ccc2c(c1)C(=O)N(C1CCC(=O)NC1=O)C2=O. The molecule has 1 aromatic carbocycles. The van der Waals surface area contributed by atoms with Crippen molar-refractivity contribution >= 4 is 33.5 Å². The van der Waals surface area contributed by atoms with E-state index >= 15 is 0 Å². The van der Waals surface area contributed by atoms with Gasteiger partial charge in [0.1, 0.15) is 6.04 Å². The minimum Gasteiger partial charge on any atom is -0.326 e. The van der Waals surface area contributed by atoms with E-state index in [1.54, 1.807) is 12.1 Å². The molecule has 0 radical (unpaired) electrons. The van der Waals surface area contributed by atoms with E-state index in [1.165, 1.54) is 6.07 Å². The summed E-state index contributed by atoms with van der Waals surface area (Å²) in [6, 6.07) is 3.08. The Kier molecular flexibility index (Phi) is 5.20. The predicted octanol–water partition coefficient (Wildman–Crippen LogP) is -1.31. The number of carbonyl (C=O) groups excluding carboxylic acids is 4.